The van der Waals surface area contributed by atoms with E-state index in [1.54, 1.807) is 20.5 Å². The molecule has 2 rings (SSSR count). The molecule has 20 heavy (non-hydrogen) atoms. The van der Waals surface area contributed by atoms with Crippen molar-refractivity contribution < 1.29 is 9.47 Å². The Morgan fingerprint density at radius 2 is 2.00 bits per heavy atom. The predicted octanol–water partition coefficient (Wildman–Crippen LogP) is 1.50. The number of rotatable bonds is 8. The highest BCUT2D eigenvalue weighted by atomic mass is 35.5. The maximum absolute atomic E-state index is 5.96. The molecule has 0 aliphatic carbocycles. The van der Waals surface area contributed by atoms with Crippen LogP contribution in [0, 0.1) is 0 Å². The standard InChI is InChI=1S/C12H18ClN5O2/c1-19-6-3-4-18(5-7-20-2)11-9-10(15-8-14-9)16-12(13)17-11/h8H,3-7H2,1-2H3,(H,14,15,16,17). The lowest BCUT2D eigenvalue weighted by Crippen LogP contribution is -2.30. The third-order valence-corrected chi connectivity index (χ3v) is 3.05. The van der Waals surface area contributed by atoms with Crippen molar-refractivity contribution in [3.05, 3.63) is 11.6 Å². The SMILES string of the molecule is COCCCN(CCOC)c1nc(Cl)nc2nc[nH]c12. The second-order valence-electron chi connectivity index (χ2n) is 4.24. The first-order valence-corrected chi connectivity index (χ1v) is 6.73. The van der Waals surface area contributed by atoms with Crippen LogP contribution in [0.3, 0.4) is 0 Å². The number of aromatic nitrogens is 4. The second-order valence-corrected chi connectivity index (χ2v) is 4.58. The van der Waals surface area contributed by atoms with Crippen molar-refractivity contribution >= 4 is 28.6 Å². The molecule has 0 saturated carbocycles. The van der Waals surface area contributed by atoms with Gasteiger partial charge in [-0.3, -0.25) is 0 Å². The van der Waals surface area contributed by atoms with E-state index in [2.05, 4.69) is 24.8 Å². The topological polar surface area (TPSA) is 76.2 Å². The number of halogens is 1. The molecule has 0 unspecified atom stereocenters. The van der Waals surface area contributed by atoms with Gasteiger partial charge in [0.2, 0.25) is 5.28 Å². The Morgan fingerprint density at radius 1 is 1.20 bits per heavy atom. The molecule has 2 aromatic rings. The summed E-state index contributed by atoms with van der Waals surface area (Å²) in [5.74, 6) is 0.741. The van der Waals surface area contributed by atoms with Crippen molar-refractivity contribution in [3.8, 4) is 0 Å². The Bertz CT molecular complexity index is 548. The van der Waals surface area contributed by atoms with Crippen molar-refractivity contribution in [2.75, 3.05) is 45.4 Å². The molecular weight excluding hydrogens is 282 g/mol. The van der Waals surface area contributed by atoms with Gasteiger partial charge >= 0.3 is 0 Å². The van der Waals surface area contributed by atoms with Crippen molar-refractivity contribution in [3.63, 3.8) is 0 Å². The number of hydrogen-bond acceptors (Lipinski definition) is 6. The molecule has 0 saturated heterocycles. The Morgan fingerprint density at radius 3 is 2.75 bits per heavy atom. The van der Waals surface area contributed by atoms with Crippen molar-refractivity contribution in [2.45, 2.75) is 6.42 Å². The van der Waals surface area contributed by atoms with E-state index in [1.165, 1.54) is 0 Å². The molecule has 1 N–H and O–H groups in total. The van der Waals surface area contributed by atoms with Gasteiger partial charge in [0.25, 0.3) is 0 Å². The smallest absolute Gasteiger partial charge is 0.226 e. The lowest BCUT2D eigenvalue weighted by Gasteiger charge is -2.23. The highest BCUT2D eigenvalue weighted by molar-refractivity contribution is 6.28. The van der Waals surface area contributed by atoms with Gasteiger partial charge in [0.15, 0.2) is 11.5 Å². The van der Waals surface area contributed by atoms with Crippen LogP contribution < -0.4 is 4.90 Å². The number of nitrogens with zero attached hydrogens (tertiary/aromatic N) is 4. The number of imidazole rings is 1. The van der Waals surface area contributed by atoms with Gasteiger partial charge in [-0.05, 0) is 18.0 Å². The van der Waals surface area contributed by atoms with Gasteiger partial charge < -0.3 is 19.4 Å². The second kappa shape index (κ2) is 7.37. The summed E-state index contributed by atoms with van der Waals surface area (Å²) < 4.78 is 10.2. The van der Waals surface area contributed by atoms with E-state index in [1.807, 2.05) is 0 Å². The summed E-state index contributed by atoms with van der Waals surface area (Å²) >= 11 is 5.96. The van der Waals surface area contributed by atoms with Crippen LogP contribution in [0.25, 0.3) is 11.2 Å². The molecule has 0 bridgehead atoms. The maximum atomic E-state index is 5.96. The fourth-order valence-corrected chi connectivity index (χ4v) is 2.11. The van der Waals surface area contributed by atoms with Gasteiger partial charge in [-0.25, -0.2) is 4.98 Å². The van der Waals surface area contributed by atoms with Crippen LogP contribution in [0.15, 0.2) is 6.33 Å². The molecule has 0 aromatic carbocycles. The number of H-pyrrole nitrogens is 1. The molecule has 110 valence electrons. The molecular formula is C12H18ClN5O2. The van der Waals surface area contributed by atoms with Crippen LogP contribution in [-0.4, -0.2) is 60.5 Å². The number of nitrogens with one attached hydrogen (secondary N) is 1. The van der Waals surface area contributed by atoms with Crippen molar-refractivity contribution in [2.24, 2.45) is 0 Å². The largest absolute Gasteiger partial charge is 0.385 e. The Balaban J connectivity index is 2.26. The first-order valence-electron chi connectivity index (χ1n) is 6.35. The summed E-state index contributed by atoms with van der Waals surface area (Å²) in [6, 6.07) is 0. The average molecular weight is 300 g/mol. The summed E-state index contributed by atoms with van der Waals surface area (Å²) in [6.45, 7) is 2.79. The first kappa shape index (κ1) is 15.0. The summed E-state index contributed by atoms with van der Waals surface area (Å²) in [7, 11) is 3.36. The van der Waals surface area contributed by atoms with Crippen LogP contribution in [0.4, 0.5) is 5.82 Å². The predicted molar refractivity (Wildman–Crippen MR) is 77.3 cm³/mol. The molecule has 2 aromatic heterocycles. The molecule has 0 atom stereocenters. The fraction of sp³-hybridized carbons (Fsp3) is 0.583. The molecule has 0 amide bonds. The molecule has 0 fully saturated rings. The van der Waals surface area contributed by atoms with Crippen LogP contribution in [0.5, 0.6) is 0 Å². The normalized spacial score (nSPS) is 11.2. The third kappa shape index (κ3) is 3.56. The molecule has 8 heteroatoms. The zero-order chi connectivity index (χ0) is 14.4. The number of methoxy groups -OCH3 is 2. The lowest BCUT2D eigenvalue weighted by atomic mass is 10.3. The molecule has 0 aliphatic heterocycles. The number of anilines is 1. The van der Waals surface area contributed by atoms with Gasteiger partial charge in [-0.2, -0.15) is 9.97 Å². The lowest BCUT2D eigenvalue weighted by molar-refractivity contribution is 0.191. The Hall–Kier alpha value is -1.44. The van der Waals surface area contributed by atoms with E-state index in [4.69, 9.17) is 21.1 Å². The molecule has 0 radical (unpaired) electrons. The van der Waals surface area contributed by atoms with E-state index in [-0.39, 0.29) is 5.28 Å². The zero-order valence-electron chi connectivity index (χ0n) is 11.6. The van der Waals surface area contributed by atoms with Crippen molar-refractivity contribution in [1.29, 1.82) is 0 Å². The minimum absolute atomic E-state index is 0.189. The minimum atomic E-state index is 0.189. The van der Waals surface area contributed by atoms with Crippen molar-refractivity contribution in [1.82, 2.24) is 19.9 Å². The molecule has 2 heterocycles. The number of hydrogen-bond donors (Lipinski definition) is 1. The summed E-state index contributed by atoms with van der Waals surface area (Å²) in [4.78, 5) is 17.7. The first-order chi connectivity index (χ1) is 9.76. The van der Waals surface area contributed by atoms with E-state index in [0.29, 0.717) is 25.4 Å². The highest BCUT2D eigenvalue weighted by Crippen LogP contribution is 2.22. The number of fused-ring (bicyclic) bond motifs is 1. The van der Waals surface area contributed by atoms with Crippen LogP contribution in [0.2, 0.25) is 5.28 Å². The van der Waals surface area contributed by atoms with Crippen LogP contribution in [0.1, 0.15) is 6.42 Å². The molecule has 0 aliphatic rings. The van der Waals surface area contributed by atoms with Crippen LogP contribution in [-0.2, 0) is 9.47 Å². The summed E-state index contributed by atoms with van der Waals surface area (Å²) in [5, 5.41) is 0.189. The highest BCUT2D eigenvalue weighted by Gasteiger charge is 2.15. The van der Waals surface area contributed by atoms with Gasteiger partial charge in [0.05, 0.1) is 12.9 Å². The van der Waals surface area contributed by atoms with E-state index in [9.17, 15) is 0 Å². The number of aromatic amines is 1. The molecule has 0 spiro atoms. The summed E-state index contributed by atoms with van der Waals surface area (Å²) in [6.07, 6.45) is 2.47. The minimum Gasteiger partial charge on any atom is -0.385 e. The van der Waals surface area contributed by atoms with Gasteiger partial charge in [-0.1, -0.05) is 0 Å². The van der Waals surface area contributed by atoms with Crippen LogP contribution >= 0.6 is 11.6 Å². The molecule has 7 nitrogen and oxygen atoms in total. The quantitative estimate of drug-likeness (QED) is 0.588. The monoisotopic (exact) mass is 299 g/mol. The van der Waals surface area contributed by atoms with E-state index < -0.39 is 0 Å². The Kier molecular flexibility index (Phi) is 5.51. The zero-order valence-corrected chi connectivity index (χ0v) is 12.4. The summed E-state index contributed by atoms with van der Waals surface area (Å²) in [5.41, 5.74) is 1.34. The van der Waals surface area contributed by atoms with E-state index >= 15 is 0 Å². The third-order valence-electron chi connectivity index (χ3n) is 2.88. The fourth-order valence-electron chi connectivity index (χ4n) is 1.95. The average Bonchev–Trinajstić information content (AvgIpc) is 2.90. The van der Waals surface area contributed by atoms with E-state index in [0.717, 1.165) is 24.3 Å². The number of ether oxygens (including phenoxy) is 2. The maximum Gasteiger partial charge on any atom is 0.226 e. The van der Waals surface area contributed by atoms with Gasteiger partial charge in [0, 0.05) is 33.9 Å². The van der Waals surface area contributed by atoms with Gasteiger partial charge in [-0.15, -0.1) is 0 Å². The van der Waals surface area contributed by atoms with Gasteiger partial charge in [0.1, 0.15) is 5.52 Å². The Labute approximate surface area is 122 Å².